The van der Waals surface area contributed by atoms with Crippen LogP contribution >= 0.6 is 0 Å². The zero-order valence-electron chi connectivity index (χ0n) is 24.2. The van der Waals surface area contributed by atoms with Crippen molar-refractivity contribution in [3.8, 4) is 11.5 Å². The van der Waals surface area contributed by atoms with E-state index in [2.05, 4.69) is 0 Å². The topological polar surface area (TPSA) is 140 Å². The summed E-state index contributed by atoms with van der Waals surface area (Å²) in [4.78, 5) is 49.2. The largest absolute Gasteiger partial charge is 0.508 e. The Labute approximate surface area is 225 Å². The average molecular weight is 538 g/mol. The zero-order valence-corrected chi connectivity index (χ0v) is 24.2. The molecule has 0 amide bonds. The second-order valence-electron chi connectivity index (χ2n) is 11.7. The minimum absolute atomic E-state index is 0.0384. The molecule has 3 atom stereocenters. The number of nitrogens with two attached hydrogens (primary N) is 1. The highest BCUT2D eigenvalue weighted by molar-refractivity contribution is 5.81. The van der Waals surface area contributed by atoms with Crippen LogP contribution in [-0.2, 0) is 35.0 Å². The molecule has 0 saturated carbocycles. The lowest BCUT2D eigenvalue weighted by Crippen LogP contribution is -2.37. The van der Waals surface area contributed by atoms with Crippen LogP contribution in [0.4, 0.5) is 4.79 Å². The van der Waals surface area contributed by atoms with Crippen molar-refractivity contribution >= 4 is 24.1 Å². The highest BCUT2D eigenvalue weighted by Crippen LogP contribution is 2.33. The molecule has 0 aliphatic rings. The third-order valence-corrected chi connectivity index (χ3v) is 5.37. The van der Waals surface area contributed by atoms with Crippen LogP contribution in [0.5, 0.6) is 11.5 Å². The smallest absolute Gasteiger partial charge is 0.458 e. The third kappa shape index (κ3) is 11.1. The Hall–Kier alpha value is -3.14. The van der Waals surface area contributed by atoms with E-state index >= 15 is 0 Å². The molecule has 10 nitrogen and oxygen atoms in total. The lowest BCUT2D eigenvalue weighted by atomic mass is 9.97. The standard InChI is InChI=1S/C28H43NO9/c1-16(2)18(4)36-26(33)34-15-17(3)35-23(30)20(29)13-19-11-12-21(37-24(31)27(5,6)7)22(14-19)38-25(32)28(8,9)10/h11-12,14,16-18,20H,13,15,29H2,1-10H3/t17-,18?,20-/m0/s1. The maximum Gasteiger partial charge on any atom is 0.508 e. The number of hydrogen-bond donors (Lipinski definition) is 1. The normalized spacial score (nSPS) is 14.2. The van der Waals surface area contributed by atoms with E-state index in [1.54, 1.807) is 61.5 Å². The Kier molecular flexibility index (Phi) is 11.8. The second kappa shape index (κ2) is 13.6. The Morgan fingerprint density at radius 2 is 1.34 bits per heavy atom. The molecule has 0 aliphatic heterocycles. The van der Waals surface area contributed by atoms with Crippen LogP contribution in [0.25, 0.3) is 0 Å². The lowest BCUT2D eigenvalue weighted by molar-refractivity contribution is -0.152. The van der Waals surface area contributed by atoms with Crippen LogP contribution in [-0.4, -0.2) is 48.9 Å². The molecule has 0 saturated heterocycles. The molecule has 0 radical (unpaired) electrons. The third-order valence-electron chi connectivity index (χ3n) is 5.37. The van der Waals surface area contributed by atoms with Gasteiger partial charge in [-0.3, -0.25) is 14.4 Å². The van der Waals surface area contributed by atoms with Gasteiger partial charge in [-0.25, -0.2) is 4.79 Å². The van der Waals surface area contributed by atoms with E-state index in [0.717, 1.165) is 0 Å². The summed E-state index contributed by atoms with van der Waals surface area (Å²) in [6, 6.07) is 3.55. The highest BCUT2D eigenvalue weighted by atomic mass is 16.7. The van der Waals surface area contributed by atoms with Crippen molar-refractivity contribution in [2.75, 3.05) is 6.61 Å². The number of hydrogen-bond acceptors (Lipinski definition) is 10. The molecule has 1 rings (SSSR count). The van der Waals surface area contributed by atoms with Crippen LogP contribution in [0.1, 0.15) is 74.8 Å². The molecule has 10 heteroatoms. The minimum atomic E-state index is -1.06. The van der Waals surface area contributed by atoms with Gasteiger partial charge in [0, 0.05) is 0 Å². The van der Waals surface area contributed by atoms with Crippen LogP contribution in [0.3, 0.4) is 0 Å². The van der Waals surface area contributed by atoms with Gasteiger partial charge in [-0.05, 0) is 85.4 Å². The van der Waals surface area contributed by atoms with Gasteiger partial charge in [0.2, 0.25) is 0 Å². The summed E-state index contributed by atoms with van der Waals surface area (Å²) >= 11 is 0. The molecule has 214 valence electrons. The van der Waals surface area contributed by atoms with Crippen LogP contribution in [0.2, 0.25) is 0 Å². The molecule has 38 heavy (non-hydrogen) atoms. The molecule has 1 aromatic rings. The van der Waals surface area contributed by atoms with Gasteiger partial charge in [0.1, 0.15) is 24.9 Å². The fraction of sp³-hybridized carbons (Fsp3) is 0.643. The van der Waals surface area contributed by atoms with Crippen LogP contribution < -0.4 is 15.2 Å². The molecule has 1 unspecified atom stereocenters. The first-order valence-corrected chi connectivity index (χ1v) is 12.7. The van der Waals surface area contributed by atoms with E-state index in [-0.39, 0.29) is 36.5 Å². The van der Waals surface area contributed by atoms with E-state index in [1.807, 2.05) is 13.8 Å². The van der Waals surface area contributed by atoms with E-state index in [4.69, 9.17) is 29.4 Å². The van der Waals surface area contributed by atoms with Crippen LogP contribution in [0, 0.1) is 16.7 Å². The van der Waals surface area contributed by atoms with Gasteiger partial charge in [-0.2, -0.15) is 0 Å². The van der Waals surface area contributed by atoms with Crippen molar-refractivity contribution in [2.45, 2.75) is 93.9 Å². The monoisotopic (exact) mass is 537 g/mol. The maximum absolute atomic E-state index is 12.5. The Balaban J connectivity index is 2.89. The van der Waals surface area contributed by atoms with E-state index < -0.39 is 47.0 Å². The number of esters is 3. The first-order valence-electron chi connectivity index (χ1n) is 12.7. The molecular weight excluding hydrogens is 494 g/mol. The zero-order chi connectivity index (χ0) is 29.4. The van der Waals surface area contributed by atoms with E-state index in [0.29, 0.717) is 5.56 Å². The molecule has 0 aliphatic carbocycles. The molecule has 1 aromatic carbocycles. The number of rotatable bonds is 10. The number of carbonyl (C=O) groups is 4. The summed E-state index contributed by atoms with van der Waals surface area (Å²) in [6.45, 7) is 17.1. The first-order chi connectivity index (χ1) is 17.3. The Morgan fingerprint density at radius 1 is 0.816 bits per heavy atom. The van der Waals surface area contributed by atoms with Crippen molar-refractivity contribution in [1.29, 1.82) is 0 Å². The fourth-order valence-corrected chi connectivity index (χ4v) is 2.51. The van der Waals surface area contributed by atoms with Gasteiger partial charge < -0.3 is 29.4 Å². The van der Waals surface area contributed by atoms with E-state index in [9.17, 15) is 19.2 Å². The van der Waals surface area contributed by atoms with Gasteiger partial charge in [0.05, 0.1) is 10.8 Å². The van der Waals surface area contributed by atoms with Gasteiger partial charge in [0.25, 0.3) is 0 Å². The SMILES string of the molecule is CC(C)C(C)OC(=O)OC[C@H](C)OC(=O)[C@@H](N)Cc1ccc(OC(=O)C(C)(C)C)c(OC(=O)C(C)(C)C)c1. The fourth-order valence-electron chi connectivity index (χ4n) is 2.51. The van der Waals surface area contributed by atoms with Gasteiger partial charge in [-0.15, -0.1) is 0 Å². The second-order valence-corrected chi connectivity index (χ2v) is 11.7. The van der Waals surface area contributed by atoms with Crippen molar-refractivity contribution in [2.24, 2.45) is 22.5 Å². The molecular formula is C28H43NO9. The summed E-state index contributed by atoms with van der Waals surface area (Å²) in [7, 11) is 0. The Bertz CT molecular complexity index is 989. The van der Waals surface area contributed by atoms with Crippen molar-refractivity contribution in [3.63, 3.8) is 0 Å². The summed E-state index contributed by atoms with van der Waals surface area (Å²) in [5.41, 5.74) is 5.02. The first kappa shape index (κ1) is 32.9. The Morgan fingerprint density at radius 3 is 1.84 bits per heavy atom. The number of ether oxygens (including phenoxy) is 5. The van der Waals surface area contributed by atoms with Crippen LogP contribution in [0.15, 0.2) is 18.2 Å². The molecule has 0 heterocycles. The maximum atomic E-state index is 12.5. The summed E-state index contributed by atoms with van der Waals surface area (Å²) in [6.07, 6.45) is -1.86. The molecule has 0 fully saturated rings. The highest BCUT2D eigenvalue weighted by Gasteiger charge is 2.29. The molecule has 0 aromatic heterocycles. The summed E-state index contributed by atoms with van der Waals surface area (Å²) in [5, 5.41) is 0. The number of benzene rings is 1. The average Bonchev–Trinajstić information content (AvgIpc) is 2.77. The van der Waals surface area contributed by atoms with Gasteiger partial charge in [-0.1, -0.05) is 19.9 Å². The van der Waals surface area contributed by atoms with Crippen molar-refractivity contribution in [3.05, 3.63) is 23.8 Å². The predicted octanol–water partition coefficient (Wildman–Crippen LogP) is 4.59. The summed E-state index contributed by atoms with van der Waals surface area (Å²) < 4.78 is 26.4. The summed E-state index contributed by atoms with van der Waals surface area (Å²) in [5.74, 6) is -1.49. The van der Waals surface area contributed by atoms with Crippen molar-refractivity contribution in [1.82, 2.24) is 0 Å². The quantitative estimate of drug-likeness (QED) is 0.333. The predicted molar refractivity (Wildman–Crippen MR) is 141 cm³/mol. The van der Waals surface area contributed by atoms with Gasteiger partial charge in [0.15, 0.2) is 11.5 Å². The lowest BCUT2D eigenvalue weighted by Gasteiger charge is -2.21. The van der Waals surface area contributed by atoms with Crippen molar-refractivity contribution < 1.29 is 42.9 Å². The minimum Gasteiger partial charge on any atom is -0.458 e. The van der Waals surface area contributed by atoms with Gasteiger partial charge >= 0.3 is 24.1 Å². The molecule has 0 bridgehead atoms. The molecule has 0 spiro atoms. The number of carbonyl (C=O) groups excluding carboxylic acids is 4. The molecule has 2 N–H and O–H groups in total. The van der Waals surface area contributed by atoms with E-state index in [1.165, 1.54) is 12.1 Å².